The van der Waals surface area contributed by atoms with Gasteiger partial charge in [-0.1, -0.05) is 24.6 Å². The van der Waals surface area contributed by atoms with Crippen LogP contribution in [0.25, 0.3) is 0 Å². The van der Waals surface area contributed by atoms with E-state index in [1.165, 1.54) is 0 Å². The van der Waals surface area contributed by atoms with Gasteiger partial charge in [0, 0.05) is 17.1 Å². The van der Waals surface area contributed by atoms with Crippen molar-refractivity contribution in [3.8, 4) is 5.75 Å². The van der Waals surface area contributed by atoms with Gasteiger partial charge >= 0.3 is 0 Å². The summed E-state index contributed by atoms with van der Waals surface area (Å²) in [6.07, 6.45) is 0.606. The molecule has 1 aromatic rings. The number of halogens is 1. The first-order valence-corrected chi connectivity index (χ1v) is 6.18. The number of nitrogens with one attached hydrogen (secondary N) is 1. The van der Waals surface area contributed by atoms with Gasteiger partial charge in [0.05, 0.1) is 12.6 Å². The van der Waals surface area contributed by atoms with Gasteiger partial charge < -0.3 is 10.5 Å². The van der Waals surface area contributed by atoms with Crippen LogP contribution in [-0.2, 0) is 11.3 Å². The molecule has 0 heterocycles. The molecule has 1 amide bonds. The van der Waals surface area contributed by atoms with Gasteiger partial charge in [0.15, 0.2) is 0 Å². The van der Waals surface area contributed by atoms with Crippen molar-refractivity contribution in [1.82, 2.24) is 5.32 Å². The van der Waals surface area contributed by atoms with Crippen LogP contribution in [0.3, 0.4) is 0 Å². The summed E-state index contributed by atoms with van der Waals surface area (Å²) in [5.41, 5.74) is 5.46. The number of nitrogens with two attached hydrogens (primary N) is 1. The number of amides is 1. The highest BCUT2D eigenvalue weighted by Gasteiger charge is 2.28. The van der Waals surface area contributed by atoms with Crippen LogP contribution in [0.1, 0.15) is 25.8 Å². The second-order valence-electron chi connectivity index (χ2n) is 4.32. The molecule has 0 spiro atoms. The number of rotatable bonds is 6. The first kappa shape index (κ1) is 14.8. The third-order valence-electron chi connectivity index (χ3n) is 3.20. The molecular weight excluding hydrogens is 252 g/mol. The molecule has 0 aliphatic carbocycles. The molecular formula is C13H19ClN2O2. The molecule has 0 fully saturated rings. The Morgan fingerprint density at radius 1 is 1.56 bits per heavy atom. The monoisotopic (exact) mass is 270 g/mol. The highest BCUT2D eigenvalue weighted by atomic mass is 35.5. The molecule has 0 aliphatic rings. The molecule has 1 rings (SSSR count). The Morgan fingerprint density at radius 2 is 2.22 bits per heavy atom. The van der Waals surface area contributed by atoms with Gasteiger partial charge in [-0.2, -0.15) is 0 Å². The van der Waals surface area contributed by atoms with Gasteiger partial charge in [0.2, 0.25) is 5.91 Å². The minimum atomic E-state index is -0.746. The smallest absolute Gasteiger partial charge is 0.237 e. The number of primary amides is 1. The van der Waals surface area contributed by atoms with Crippen molar-refractivity contribution in [2.75, 3.05) is 7.11 Å². The molecule has 0 saturated carbocycles. The molecule has 4 nitrogen and oxygen atoms in total. The SMILES string of the molecule is CCC(C)(NCc1c(Cl)cccc1OC)C(N)=O. The van der Waals surface area contributed by atoms with Crippen molar-refractivity contribution in [3.05, 3.63) is 28.8 Å². The largest absolute Gasteiger partial charge is 0.496 e. The molecule has 1 unspecified atom stereocenters. The second-order valence-corrected chi connectivity index (χ2v) is 4.73. The van der Waals surface area contributed by atoms with Crippen molar-refractivity contribution in [2.45, 2.75) is 32.4 Å². The van der Waals surface area contributed by atoms with Gasteiger partial charge in [0.25, 0.3) is 0 Å². The van der Waals surface area contributed by atoms with E-state index in [0.717, 1.165) is 5.56 Å². The third kappa shape index (κ3) is 3.15. The molecule has 100 valence electrons. The summed E-state index contributed by atoms with van der Waals surface area (Å²) in [6.45, 7) is 4.11. The Hall–Kier alpha value is -1.26. The predicted molar refractivity (Wildman–Crippen MR) is 72.7 cm³/mol. The third-order valence-corrected chi connectivity index (χ3v) is 3.56. The Morgan fingerprint density at radius 3 is 2.72 bits per heavy atom. The molecule has 0 aromatic heterocycles. The number of hydrogen-bond acceptors (Lipinski definition) is 3. The molecule has 3 N–H and O–H groups in total. The lowest BCUT2D eigenvalue weighted by Gasteiger charge is -2.26. The van der Waals surface area contributed by atoms with Crippen LogP contribution < -0.4 is 15.8 Å². The number of carbonyl (C=O) groups is 1. The Labute approximate surface area is 112 Å². The van der Waals surface area contributed by atoms with Crippen molar-refractivity contribution in [1.29, 1.82) is 0 Å². The lowest BCUT2D eigenvalue weighted by Crippen LogP contribution is -2.52. The van der Waals surface area contributed by atoms with Crippen LogP contribution in [0, 0.1) is 0 Å². The molecule has 5 heteroatoms. The summed E-state index contributed by atoms with van der Waals surface area (Å²) in [7, 11) is 1.59. The van der Waals surface area contributed by atoms with E-state index in [2.05, 4.69) is 5.32 Å². The zero-order valence-electron chi connectivity index (χ0n) is 10.9. The summed E-state index contributed by atoms with van der Waals surface area (Å²) in [4.78, 5) is 11.4. The zero-order valence-corrected chi connectivity index (χ0v) is 11.7. The van der Waals surface area contributed by atoms with E-state index in [4.69, 9.17) is 22.1 Å². The number of methoxy groups -OCH3 is 1. The fourth-order valence-corrected chi connectivity index (χ4v) is 1.80. The molecule has 0 saturated heterocycles. The summed E-state index contributed by atoms with van der Waals surface area (Å²) >= 11 is 6.12. The average molecular weight is 271 g/mol. The minimum absolute atomic E-state index is 0.379. The first-order valence-electron chi connectivity index (χ1n) is 5.81. The average Bonchev–Trinajstić information content (AvgIpc) is 2.36. The van der Waals surface area contributed by atoms with Gasteiger partial charge in [-0.3, -0.25) is 10.1 Å². The molecule has 18 heavy (non-hydrogen) atoms. The Balaban J connectivity index is 2.89. The zero-order chi connectivity index (χ0) is 13.8. The molecule has 0 bridgehead atoms. The van der Waals surface area contributed by atoms with Crippen LogP contribution in [0.2, 0.25) is 5.02 Å². The Bertz CT molecular complexity index is 437. The maximum atomic E-state index is 11.4. The summed E-state index contributed by atoms with van der Waals surface area (Å²) in [5, 5.41) is 3.74. The fraction of sp³-hybridized carbons (Fsp3) is 0.462. The lowest BCUT2D eigenvalue weighted by molar-refractivity contribution is -0.124. The summed E-state index contributed by atoms with van der Waals surface area (Å²) in [6, 6.07) is 5.43. The van der Waals surface area contributed by atoms with E-state index in [1.807, 2.05) is 19.1 Å². The molecule has 1 aromatic carbocycles. The topological polar surface area (TPSA) is 64.3 Å². The van der Waals surface area contributed by atoms with Crippen LogP contribution >= 0.6 is 11.6 Å². The number of benzene rings is 1. The maximum absolute atomic E-state index is 11.4. The first-order chi connectivity index (χ1) is 8.44. The molecule has 1 atom stereocenters. The summed E-state index contributed by atoms with van der Waals surface area (Å²) in [5.74, 6) is 0.314. The van der Waals surface area contributed by atoms with Crippen molar-refractivity contribution < 1.29 is 9.53 Å². The minimum Gasteiger partial charge on any atom is -0.496 e. The lowest BCUT2D eigenvalue weighted by atomic mass is 9.97. The standard InChI is InChI=1S/C13H19ClN2O2/c1-4-13(2,12(15)17)16-8-9-10(14)6-5-7-11(9)18-3/h5-7,16H,4,8H2,1-3H3,(H2,15,17). The molecule has 0 aliphatic heterocycles. The van der Waals surface area contributed by atoms with Gasteiger partial charge in [-0.25, -0.2) is 0 Å². The van der Waals surface area contributed by atoms with Crippen molar-refractivity contribution >= 4 is 17.5 Å². The van der Waals surface area contributed by atoms with Crippen LogP contribution in [0.5, 0.6) is 5.75 Å². The van der Waals surface area contributed by atoms with Crippen LogP contribution in [0.15, 0.2) is 18.2 Å². The van der Waals surface area contributed by atoms with E-state index in [1.54, 1.807) is 20.1 Å². The van der Waals surface area contributed by atoms with Crippen molar-refractivity contribution in [2.24, 2.45) is 5.73 Å². The van der Waals surface area contributed by atoms with Crippen LogP contribution in [-0.4, -0.2) is 18.6 Å². The quantitative estimate of drug-likeness (QED) is 0.832. The molecule has 0 radical (unpaired) electrons. The van der Waals surface area contributed by atoms with E-state index < -0.39 is 5.54 Å². The Kier molecular flexibility index (Phi) is 4.99. The predicted octanol–water partition coefficient (Wildman–Crippen LogP) is 2.09. The van der Waals surface area contributed by atoms with Crippen molar-refractivity contribution in [3.63, 3.8) is 0 Å². The second kappa shape index (κ2) is 6.07. The van der Waals surface area contributed by atoms with E-state index in [-0.39, 0.29) is 5.91 Å². The highest BCUT2D eigenvalue weighted by Crippen LogP contribution is 2.26. The normalized spacial score (nSPS) is 14.0. The number of hydrogen-bond donors (Lipinski definition) is 2. The highest BCUT2D eigenvalue weighted by molar-refractivity contribution is 6.31. The summed E-state index contributed by atoms with van der Waals surface area (Å²) < 4.78 is 5.24. The maximum Gasteiger partial charge on any atom is 0.237 e. The van der Waals surface area contributed by atoms with Gasteiger partial charge in [-0.15, -0.1) is 0 Å². The van der Waals surface area contributed by atoms with E-state index in [0.29, 0.717) is 23.7 Å². The van der Waals surface area contributed by atoms with Gasteiger partial charge in [0.1, 0.15) is 5.75 Å². The fourth-order valence-electron chi connectivity index (χ4n) is 1.57. The number of carbonyl (C=O) groups excluding carboxylic acids is 1. The van der Waals surface area contributed by atoms with E-state index >= 15 is 0 Å². The van der Waals surface area contributed by atoms with Crippen LogP contribution in [0.4, 0.5) is 0 Å². The van der Waals surface area contributed by atoms with Gasteiger partial charge in [-0.05, 0) is 25.5 Å². The number of ether oxygens (including phenoxy) is 1. The van der Waals surface area contributed by atoms with E-state index in [9.17, 15) is 4.79 Å².